The van der Waals surface area contributed by atoms with Gasteiger partial charge in [-0.1, -0.05) is 0 Å². The molecule has 1 rings (SSSR count). The summed E-state index contributed by atoms with van der Waals surface area (Å²) in [6.45, 7) is 2.53. The normalized spacial score (nSPS) is 9.71. The zero-order valence-electron chi connectivity index (χ0n) is 8.46. The number of ether oxygens (including phenoxy) is 3. The molecule has 0 unspecified atom stereocenters. The van der Waals surface area contributed by atoms with Crippen molar-refractivity contribution in [3.63, 3.8) is 0 Å². The quantitative estimate of drug-likeness (QED) is 0.834. The topological polar surface area (TPSA) is 27.7 Å². The van der Waals surface area contributed by atoms with E-state index in [1.807, 2.05) is 13.0 Å². The average molecular weight is 261 g/mol. The first-order valence-corrected chi connectivity index (χ1v) is 5.06. The van der Waals surface area contributed by atoms with E-state index in [9.17, 15) is 0 Å². The van der Waals surface area contributed by atoms with Crippen molar-refractivity contribution in [2.45, 2.75) is 6.92 Å². The Kier molecular flexibility index (Phi) is 4.07. The minimum atomic E-state index is 0.606. The lowest BCUT2D eigenvalue weighted by Gasteiger charge is -2.11. The van der Waals surface area contributed by atoms with Gasteiger partial charge >= 0.3 is 0 Å². The van der Waals surface area contributed by atoms with Gasteiger partial charge in [0, 0.05) is 12.1 Å². The summed E-state index contributed by atoms with van der Waals surface area (Å²) >= 11 is 3.38. The van der Waals surface area contributed by atoms with Crippen LogP contribution in [-0.2, 0) is 0 Å². The number of hydrogen-bond acceptors (Lipinski definition) is 3. The van der Waals surface area contributed by atoms with E-state index in [0.717, 1.165) is 10.2 Å². The lowest BCUT2D eigenvalue weighted by molar-refractivity contribution is 0.308. The van der Waals surface area contributed by atoms with Crippen LogP contribution in [-0.4, -0.2) is 20.8 Å². The Hall–Kier alpha value is -0.900. The monoisotopic (exact) mass is 260 g/mol. The highest BCUT2D eigenvalue weighted by Crippen LogP contribution is 2.37. The highest BCUT2D eigenvalue weighted by atomic mass is 79.9. The van der Waals surface area contributed by atoms with Crippen LogP contribution in [0, 0.1) is 0 Å². The maximum atomic E-state index is 5.40. The molecular weight excluding hydrogens is 248 g/mol. The third kappa shape index (κ3) is 2.32. The molecule has 3 nitrogen and oxygen atoms in total. The maximum Gasteiger partial charge on any atom is 0.164 e. The Morgan fingerprint density at radius 1 is 1.07 bits per heavy atom. The fraction of sp³-hybridized carbons (Fsp3) is 0.400. The van der Waals surface area contributed by atoms with Gasteiger partial charge in [0.05, 0.1) is 25.3 Å². The van der Waals surface area contributed by atoms with Crippen LogP contribution < -0.4 is 14.2 Å². The molecule has 0 aromatic heterocycles. The molecule has 0 aliphatic heterocycles. The van der Waals surface area contributed by atoms with E-state index in [1.165, 1.54) is 0 Å². The molecule has 0 amide bonds. The summed E-state index contributed by atoms with van der Waals surface area (Å²) in [5, 5.41) is 0. The third-order valence-electron chi connectivity index (χ3n) is 1.74. The van der Waals surface area contributed by atoms with Crippen molar-refractivity contribution in [2.24, 2.45) is 0 Å². The number of rotatable bonds is 4. The summed E-state index contributed by atoms with van der Waals surface area (Å²) in [5.74, 6) is 2.11. The molecule has 0 radical (unpaired) electrons. The number of methoxy groups -OCH3 is 2. The van der Waals surface area contributed by atoms with Crippen LogP contribution in [0.25, 0.3) is 0 Å². The summed E-state index contributed by atoms with van der Waals surface area (Å²) in [5.41, 5.74) is 0. The Balaban J connectivity index is 3.10. The molecule has 4 heteroatoms. The molecule has 78 valence electrons. The molecule has 0 aliphatic carbocycles. The Morgan fingerprint density at radius 3 is 2.21 bits per heavy atom. The van der Waals surface area contributed by atoms with Gasteiger partial charge < -0.3 is 14.2 Å². The van der Waals surface area contributed by atoms with E-state index in [2.05, 4.69) is 15.9 Å². The lowest BCUT2D eigenvalue weighted by atomic mass is 10.3. The summed E-state index contributed by atoms with van der Waals surface area (Å²) in [6.07, 6.45) is 0. The number of hydrogen-bond donors (Lipinski definition) is 0. The smallest absolute Gasteiger partial charge is 0.164 e. The molecule has 0 spiro atoms. The summed E-state index contributed by atoms with van der Waals surface area (Å²) < 4.78 is 16.6. The minimum Gasteiger partial charge on any atom is -0.495 e. The second-order valence-corrected chi connectivity index (χ2v) is 3.42. The van der Waals surface area contributed by atoms with Crippen LogP contribution in [0.1, 0.15) is 6.92 Å². The predicted octanol–water partition coefficient (Wildman–Crippen LogP) is 2.87. The van der Waals surface area contributed by atoms with Gasteiger partial charge in [-0.3, -0.25) is 0 Å². The summed E-state index contributed by atoms with van der Waals surface area (Å²) in [7, 11) is 3.21. The largest absolute Gasteiger partial charge is 0.495 e. The first-order chi connectivity index (χ1) is 6.72. The van der Waals surface area contributed by atoms with Crippen LogP contribution in [0.2, 0.25) is 0 Å². The zero-order valence-corrected chi connectivity index (χ0v) is 10.1. The molecular formula is C10H13BrO3. The van der Waals surface area contributed by atoms with Crippen LogP contribution in [0.5, 0.6) is 17.2 Å². The molecule has 0 atom stereocenters. The summed E-state index contributed by atoms with van der Waals surface area (Å²) in [4.78, 5) is 0. The van der Waals surface area contributed by atoms with Crippen LogP contribution in [0.3, 0.4) is 0 Å². The van der Waals surface area contributed by atoms with Gasteiger partial charge in [-0.15, -0.1) is 0 Å². The Morgan fingerprint density at radius 2 is 1.71 bits per heavy atom. The number of benzene rings is 1. The van der Waals surface area contributed by atoms with Crippen LogP contribution >= 0.6 is 15.9 Å². The first kappa shape index (κ1) is 11.2. The van der Waals surface area contributed by atoms with Crippen molar-refractivity contribution in [3.8, 4) is 17.2 Å². The molecule has 0 saturated heterocycles. The molecule has 0 N–H and O–H groups in total. The SMILES string of the molecule is CCOc1cc(Br)c(OC)cc1OC. The van der Waals surface area contributed by atoms with Gasteiger partial charge in [0.15, 0.2) is 11.5 Å². The van der Waals surface area contributed by atoms with Crippen molar-refractivity contribution in [3.05, 3.63) is 16.6 Å². The minimum absolute atomic E-state index is 0.606. The average Bonchev–Trinajstić information content (AvgIpc) is 2.19. The Labute approximate surface area is 92.1 Å². The van der Waals surface area contributed by atoms with Gasteiger partial charge in [-0.25, -0.2) is 0 Å². The highest BCUT2D eigenvalue weighted by Gasteiger charge is 2.09. The molecule has 0 fully saturated rings. The second kappa shape index (κ2) is 5.10. The standard InChI is InChI=1S/C10H13BrO3/c1-4-14-10-5-7(11)8(12-2)6-9(10)13-3/h5-6H,4H2,1-3H3. The molecule has 0 heterocycles. The van der Waals surface area contributed by atoms with E-state index in [0.29, 0.717) is 18.1 Å². The lowest BCUT2D eigenvalue weighted by Crippen LogP contribution is -1.96. The summed E-state index contributed by atoms with van der Waals surface area (Å²) in [6, 6.07) is 3.62. The van der Waals surface area contributed by atoms with Crippen molar-refractivity contribution < 1.29 is 14.2 Å². The van der Waals surface area contributed by atoms with E-state index >= 15 is 0 Å². The van der Waals surface area contributed by atoms with Crippen LogP contribution in [0.4, 0.5) is 0 Å². The molecule has 0 aliphatic rings. The van der Waals surface area contributed by atoms with E-state index in [1.54, 1.807) is 20.3 Å². The molecule has 0 bridgehead atoms. The van der Waals surface area contributed by atoms with Crippen molar-refractivity contribution in [1.82, 2.24) is 0 Å². The molecule has 1 aromatic carbocycles. The van der Waals surface area contributed by atoms with E-state index < -0.39 is 0 Å². The molecule has 0 saturated carbocycles. The predicted molar refractivity (Wildman–Crippen MR) is 58.4 cm³/mol. The Bertz CT molecular complexity index is 312. The number of halogens is 1. The fourth-order valence-corrected chi connectivity index (χ4v) is 1.58. The molecule has 1 aromatic rings. The van der Waals surface area contributed by atoms with Gasteiger partial charge in [0.2, 0.25) is 0 Å². The second-order valence-electron chi connectivity index (χ2n) is 2.57. The van der Waals surface area contributed by atoms with Crippen LogP contribution in [0.15, 0.2) is 16.6 Å². The van der Waals surface area contributed by atoms with Gasteiger partial charge in [0.25, 0.3) is 0 Å². The molecule has 14 heavy (non-hydrogen) atoms. The van der Waals surface area contributed by atoms with Crippen molar-refractivity contribution in [2.75, 3.05) is 20.8 Å². The van der Waals surface area contributed by atoms with Gasteiger partial charge in [0.1, 0.15) is 5.75 Å². The van der Waals surface area contributed by atoms with Crippen molar-refractivity contribution >= 4 is 15.9 Å². The van der Waals surface area contributed by atoms with Gasteiger partial charge in [-0.2, -0.15) is 0 Å². The highest BCUT2D eigenvalue weighted by molar-refractivity contribution is 9.10. The maximum absolute atomic E-state index is 5.40. The zero-order chi connectivity index (χ0) is 10.6. The first-order valence-electron chi connectivity index (χ1n) is 4.27. The van der Waals surface area contributed by atoms with Crippen molar-refractivity contribution in [1.29, 1.82) is 0 Å². The van der Waals surface area contributed by atoms with E-state index in [4.69, 9.17) is 14.2 Å². The van der Waals surface area contributed by atoms with Gasteiger partial charge in [-0.05, 0) is 22.9 Å². The third-order valence-corrected chi connectivity index (χ3v) is 2.36. The van der Waals surface area contributed by atoms with E-state index in [-0.39, 0.29) is 0 Å². The fourth-order valence-electron chi connectivity index (χ4n) is 1.10.